The van der Waals surface area contributed by atoms with Gasteiger partial charge in [0.15, 0.2) is 0 Å². The molecule has 0 aromatic carbocycles. The molecule has 0 aliphatic heterocycles. The molecule has 2 N–H and O–H groups in total. The van der Waals surface area contributed by atoms with Crippen molar-refractivity contribution in [3.63, 3.8) is 0 Å². The summed E-state index contributed by atoms with van der Waals surface area (Å²) >= 11 is 0. The first-order chi connectivity index (χ1) is 6.10. The van der Waals surface area contributed by atoms with Crippen molar-refractivity contribution in [3.8, 4) is 6.07 Å². The summed E-state index contributed by atoms with van der Waals surface area (Å²) in [5.74, 6) is 0.568. The molecular weight excluding hydrogens is 164 g/mol. The average molecular weight is 184 g/mol. The Bertz CT molecular complexity index is 163. The highest BCUT2D eigenvalue weighted by molar-refractivity contribution is 4.80. The molecule has 13 heavy (non-hydrogen) atoms. The van der Waals surface area contributed by atoms with Crippen LogP contribution < -0.4 is 5.32 Å². The summed E-state index contributed by atoms with van der Waals surface area (Å²) in [6.45, 7) is 6.36. The van der Waals surface area contributed by atoms with Gasteiger partial charge in [0.05, 0.1) is 19.1 Å². The molecule has 2 atom stereocenters. The molecule has 3 nitrogen and oxygen atoms in total. The third-order valence-corrected chi connectivity index (χ3v) is 1.89. The molecule has 0 saturated carbocycles. The number of rotatable bonds is 6. The molecule has 3 heteroatoms. The summed E-state index contributed by atoms with van der Waals surface area (Å²) in [4.78, 5) is 0. The van der Waals surface area contributed by atoms with Crippen molar-refractivity contribution < 1.29 is 5.11 Å². The fourth-order valence-electron chi connectivity index (χ4n) is 1.36. The van der Waals surface area contributed by atoms with E-state index in [4.69, 9.17) is 10.4 Å². The Hall–Kier alpha value is -0.590. The molecule has 0 fully saturated rings. The molecule has 2 unspecified atom stereocenters. The van der Waals surface area contributed by atoms with Crippen molar-refractivity contribution in [1.82, 2.24) is 5.32 Å². The maximum atomic E-state index is 9.05. The first-order valence-electron chi connectivity index (χ1n) is 4.84. The van der Waals surface area contributed by atoms with Gasteiger partial charge < -0.3 is 10.4 Å². The van der Waals surface area contributed by atoms with Crippen LogP contribution in [0.15, 0.2) is 0 Å². The van der Waals surface area contributed by atoms with Crippen molar-refractivity contribution >= 4 is 0 Å². The topological polar surface area (TPSA) is 56.0 Å². The van der Waals surface area contributed by atoms with Crippen LogP contribution in [-0.4, -0.2) is 23.8 Å². The molecule has 0 aliphatic carbocycles. The third-order valence-electron chi connectivity index (χ3n) is 1.89. The van der Waals surface area contributed by atoms with Crippen LogP contribution in [0.1, 0.15) is 33.6 Å². The predicted octanol–water partition coefficient (Wildman–Crippen LogP) is 1.29. The first kappa shape index (κ1) is 12.4. The van der Waals surface area contributed by atoms with Crippen LogP contribution in [0.3, 0.4) is 0 Å². The van der Waals surface area contributed by atoms with Crippen molar-refractivity contribution in [2.75, 3.05) is 6.61 Å². The van der Waals surface area contributed by atoms with Crippen molar-refractivity contribution in [3.05, 3.63) is 0 Å². The molecule has 0 aromatic rings. The highest BCUT2D eigenvalue weighted by Crippen LogP contribution is 2.05. The number of hydrogen-bond donors (Lipinski definition) is 2. The van der Waals surface area contributed by atoms with Gasteiger partial charge in [-0.3, -0.25) is 0 Å². The molecule has 76 valence electrons. The summed E-state index contributed by atoms with van der Waals surface area (Å²) in [5, 5.41) is 20.7. The van der Waals surface area contributed by atoms with E-state index in [1.54, 1.807) is 0 Å². The Labute approximate surface area is 80.8 Å². The summed E-state index contributed by atoms with van der Waals surface area (Å²) < 4.78 is 0. The van der Waals surface area contributed by atoms with E-state index in [0.717, 1.165) is 6.42 Å². The molecule has 0 aromatic heterocycles. The van der Waals surface area contributed by atoms with Crippen LogP contribution in [0, 0.1) is 17.2 Å². The van der Waals surface area contributed by atoms with Crippen LogP contribution >= 0.6 is 0 Å². The second kappa shape index (κ2) is 6.88. The van der Waals surface area contributed by atoms with Crippen molar-refractivity contribution in [2.45, 2.75) is 45.7 Å². The molecule has 0 heterocycles. The second-order valence-electron chi connectivity index (χ2n) is 3.94. The molecule has 0 aliphatic rings. The quantitative estimate of drug-likeness (QED) is 0.654. The average Bonchev–Trinajstić information content (AvgIpc) is 2.02. The number of nitriles is 1. The molecular formula is C10H20N2O. The molecule has 0 bridgehead atoms. The van der Waals surface area contributed by atoms with E-state index < -0.39 is 0 Å². The minimum absolute atomic E-state index is 0.128. The lowest BCUT2D eigenvalue weighted by atomic mass is 10.0. The number of aliphatic hydroxyl groups is 1. The van der Waals surface area contributed by atoms with E-state index in [0.29, 0.717) is 12.3 Å². The molecule has 0 rings (SSSR count). The fraction of sp³-hybridized carbons (Fsp3) is 0.900. The first-order valence-corrected chi connectivity index (χ1v) is 4.84. The van der Waals surface area contributed by atoms with Gasteiger partial charge in [-0.05, 0) is 19.3 Å². The van der Waals surface area contributed by atoms with Crippen LogP contribution in [0.5, 0.6) is 0 Å². The van der Waals surface area contributed by atoms with Gasteiger partial charge in [0.1, 0.15) is 0 Å². The second-order valence-corrected chi connectivity index (χ2v) is 3.94. The van der Waals surface area contributed by atoms with Crippen molar-refractivity contribution in [1.29, 1.82) is 5.26 Å². The van der Waals surface area contributed by atoms with E-state index in [1.165, 1.54) is 0 Å². The summed E-state index contributed by atoms with van der Waals surface area (Å²) in [6, 6.07) is 2.40. The molecule has 0 radical (unpaired) electrons. The van der Waals surface area contributed by atoms with E-state index in [-0.39, 0.29) is 18.7 Å². The lowest BCUT2D eigenvalue weighted by Gasteiger charge is -2.21. The van der Waals surface area contributed by atoms with Gasteiger partial charge >= 0.3 is 0 Å². The molecule has 0 amide bonds. The smallest absolute Gasteiger partial charge is 0.0638 e. The summed E-state index contributed by atoms with van der Waals surface area (Å²) in [5.41, 5.74) is 0. The minimum Gasteiger partial charge on any atom is -0.395 e. The number of aliphatic hydroxyl groups excluding tert-OH is 1. The Morgan fingerprint density at radius 2 is 2.00 bits per heavy atom. The fourth-order valence-corrected chi connectivity index (χ4v) is 1.36. The van der Waals surface area contributed by atoms with E-state index in [9.17, 15) is 0 Å². The lowest BCUT2D eigenvalue weighted by molar-refractivity contribution is 0.215. The standard InChI is InChI=1S/C10H20N2O/c1-8(2)6-10(7-13)12-9(3)4-5-11/h8-10,12-13H,4,6-7H2,1-3H3. The van der Waals surface area contributed by atoms with Gasteiger partial charge in [0, 0.05) is 12.1 Å². The zero-order chi connectivity index (χ0) is 10.3. The van der Waals surface area contributed by atoms with Crippen LogP contribution in [0.4, 0.5) is 0 Å². The van der Waals surface area contributed by atoms with Gasteiger partial charge in [0.2, 0.25) is 0 Å². The van der Waals surface area contributed by atoms with Gasteiger partial charge in [-0.15, -0.1) is 0 Å². The zero-order valence-corrected chi connectivity index (χ0v) is 8.75. The minimum atomic E-state index is 0.128. The Morgan fingerprint density at radius 3 is 2.38 bits per heavy atom. The van der Waals surface area contributed by atoms with Crippen molar-refractivity contribution in [2.24, 2.45) is 5.92 Å². The SMILES string of the molecule is CC(C)CC(CO)NC(C)CC#N. The van der Waals surface area contributed by atoms with Crippen LogP contribution in [0.2, 0.25) is 0 Å². The monoisotopic (exact) mass is 184 g/mol. The van der Waals surface area contributed by atoms with Gasteiger partial charge in [-0.2, -0.15) is 5.26 Å². The maximum absolute atomic E-state index is 9.05. The van der Waals surface area contributed by atoms with Crippen LogP contribution in [-0.2, 0) is 0 Å². The number of nitrogens with zero attached hydrogens (tertiary/aromatic N) is 1. The summed E-state index contributed by atoms with van der Waals surface area (Å²) in [7, 11) is 0. The van der Waals surface area contributed by atoms with Gasteiger partial charge in [-0.25, -0.2) is 0 Å². The van der Waals surface area contributed by atoms with E-state index in [2.05, 4.69) is 25.2 Å². The van der Waals surface area contributed by atoms with Gasteiger partial charge in [-0.1, -0.05) is 13.8 Å². The molecule has 0 saturated heterocycles. The van der Waals surface area contributed by atoms with Gasteiger partial charge in [0.25, 0.3) is 0 Å². The third kappa shape index (κ3) is 6.56. The number of hydrogen-bond acceptors (Lipinski definition) is 3. The van der Waals surface area contributed by atoms with Crippen LogP contribution in [0.25, 0.3) is 0 Å². The highest BCUT2D eigenvalue weighted by atomic mass is 16.3. The predicted molar refractivity (Wildman–Crippen MR) is 53.2 cm³/mol. The Balaban J connectivity index is 3.77. The number of nitrogens with one attached hydrogen (secondary N) is 1. The highest BCUT2D eigenvalue weighted by Gasteiger charge is 2.12. The lowest BCUT2D eigenvalue weighted by Crippen LogP contribution is -2.39. The zero-order valence-electron chi connectivity index (χ0n) is 8.75. The largest absolute Gasteiger partial charge is 0.395 e. The maximum Gasteiger partial charge on any atom is 0.0638 e. The Kier molecular flexibility index (Phi) is 6.56. The normalized spacial score (nSPS) is 15.4. The molecule has 0 spiro atoms. The van der Waals surface area contributed by atoms with E-state index >= 15 is 0 Å². The Morgan fingerprint density at radius 1 is 1.38 bits per heavy atom. The summed E-state index contributed by atoms with van der Waals surface area (Å²) in [6.07, 6.45) is 1.45. The van der Waals surface area contributed by atoms with E-state index in [1.807, 2.05) is 6.92 Å².